The third-order valence-electron chi connectivity index (χ3n) is 2.29. The monoisotopic (exact) mass is 188 g/mol. The summed E-state index contributed by atoms with van der Waals surface area (Å²) in [5.41, 5.74) is 6.54. The van der Waals surface area contributed by atoms with Gasteiger partial charge in [-0.1, -0.05) is 24.2 Å². The number of phenolic OH excluding ortho intramolecular Hbond substituents is 1. The smallest absolute Gasteiger partial charge is 0.116 e. The van der Waals surface area contributed by atoms with Gasteiger partial charge in [0.1, 0.15) is 5.75 Å². The molecule has 0 saturated carbocycles. The molecule has 2 heteroatoms. The van der Waals surface area contributed by atoms with Crippen LogP contribution in [0.5, 0.6) is 5.75 Å². The van der Waals surface area contributed by atoms with E-state index in [9.17, 15) is 5.11 Å². The Morgan fingerprint density at radius 1 is 1.29 bits per heavy atom. The lowest BCUT2D eigenvalue weighted by atomic mass is 10.0. The topological polar surface area (TPSA) is 46.2 Å². The van der Waals surface area contributed by atoms with E-state index in [2.05, 4.69) is 0 Å². The normalized spacial score (nSPS) is 11.6. The van der Waals surface area contributed by atoms with E-state index < -0.39 is 0 Å². The van der Waals surface area contributed by atoms with Crippen molar-refractivity contribution in [2.75, 3.05) is 6.54 Å². The molecule has 0 spiro atoms. The molecule has 72 valence electrons. The van der Waals surface area contributed by atoms with Crippen molar-refractivity contribution in [2.24, 2.45) is 5.73 Å². The number of aromatic hydroxyl groups is 1. The van der Waals surface area contributed by atoms with Gasteiger partial charge in [-0.2, -0.15) is 0 Å². The van der Waals surface area contributed by atoms with Gasteiger partial charge in [0.15, 0.2) is 0 Å². The van der Waals surface area contributed by atoms with Crippen LogP contribution in [-0.2, 0) is 6.42 Å². The fourth-order valence-corrected chi connectivity index (χ4v) is 1.62. The zero-order valence-electron chi connectivity index (χ0n) is 8.83. The van der Waals surface area contributed by atoms with Crippen molar-refractivity contribution in [3.05, 3.63) is 41.9 Å². The third-order valence-corrected chi connectivity index (χ3v) is 2.29. The molecule has 2 aromatic rings. The molecular formula is C12H13NO. The molecule has 2 nitrogen and oxygen atoms in total. The molecule has 14 heavy (non-hydrogen) atoms. The number of fused-ring (bicyclic) bond motifs is 1. The zero-order valence-corrected chi connectivity index (χ0v) is 7.83. The fourth-order valence-electron chi connectivity index (χ4n) is 1.62. The Hall–Kier alpha value is -1.54. The van der Waals surface area contributed by atoms with E-state index in [1.807, 2.05) is 6.07 Å². The van der Waals surface area contributed by atoms with Gasteiger partial charge in [-0.05, 0) is 41.4 Å². The molecule has 0 aliphatic carbocycles. The summed E-state index contributed by atoms with van der Waals surface area (Å²) in [4.78, 5) is 0. The van der Waals surface area contributed by atoms with Gasteiger partial charge in [-0.3, -0.25) is 0 Å². The number of phenols is 1. The minimum absolute atomic E-state index is 0.249. The van der Waals surface area contributed by atoms with Gasteiger partial charge in [-0.15, -0.1) is 0 Å². The van der Waals surface area contributed by atoms with Crippen LogP contribution in [0.25, 0.3) is 10.8 Å². The molecule has 3 N–H and O–H groups in total. The molecule has 0 amide bonds. The van der Waals surface area contributed by atoms with E-state index >= 15 is 0 Å². The largest absolute Gasteiger partial charge is 0.508 e. The second-order valence-corrected chi connectivity index (χ2v) is 3.29. The molecule has 0 aliphatic rings. The average molecular weight is 188 g/mol. The van der Waals surface area contributed by atoms with E-state index in [1.54, 1.807) is 24.3 Å². The highest BCUT2D eigenvalue weighted by molar-refractivity contribution is 5.86. The zero-order chi connectivity index (χ0) is 10.8. The molecule has 0 aliphatic heterocycles. The summed E-state index contributed by atoms with van der Waals surface area (Å²) in [6.07, 6.45) is 0.729. The lowest BCUT2D eigenvalue weighted by molar-refractivity contribution is 0.476. The molecule has 0 atom stereocenters. The molecule has 0 heterocycles. The van der Waals surface area contributed by atoms with Crippen molar-refractivity contribution in [3.63, 3.8) is 0 Å². The van der Waals surface area contributed by atoms with Crippen LogP contribution in [-0.4, -0.2) is 11.7 Å². The second kappa shape index (κ2) is 3.68. The van der Waals surface area contributed by atoms with Crippen LogP contribution in [0.4, 0.5) is 0 Å². The highest BCUT2D eigenvalue weighted by Gasteiger charge is 2.00. The molecule has 0 saturated heterocycles. The maximum atomic E-state index is 9.41. The summed E-state index contributed by atoms with van der Waals surface area (Å²) in [7, 11) is 0. The first-order valence-electron chi connectivity index (χ1n) is 5.13. The van der Waals surface area contributed by atoms with Gasteiger partial charge in [0.05, 0.1) is 1.37 Å². The third kappa shape index (κ3) is 1.56. The van der Waals surface area contributed by atoms with Crippen LogP contribution in [0.1, 0.15) is 6.93 Å². The first kappa shape index (κ1) is 7.83. The maximum Gasteiger partial charge on any atom is 0.116 e. The van der Waals surface area contributed by atoms with Crippen LogP contribution in [0.2, 0.25) is 0 Å². The summed E-state index contributed by atoms with van der Waals surface area (Å²) in [5, 5.41) is 11.4. The van der Waals surface area contributed by atoms with Gasteiger partial charge in [0.2, 0.25) is 0 Å². The van der Waals surface area contributed by atoms with Crippen molar-refractivity contribution in [1.82, 2.24) is 0 Å². The summed E-state index contributed by atoms with van der Waals surface area (Å²) in [5.74, 6) is 0.249. The molecule has 0 unspecified atom stereocenters. The van der Waals surface area contributed by atoms with E-state index in [1.165, 1.54) is 0 Å². The molecular weight excluding hydrogens is 174 g/mol. The average Bonchev–Trinajstić information content (AvgIpc) is 2.19. The van der Waals surface area contributed by atoms with Crippen LogP contribution < -0.4 is 5.73 Å². The molecule has 0 fully saturated rings. The summed E-state index contributed by atoms with van der Waals surface area (Å²) in [6, 6.07) is 9.25. The first-order valence-corrected chi connectivity index (χ1v) is 4.63. The standard InChI is InChI=1S/C12H13NO/c13-7-6-10-3-1-2-9-4-5-11(14)8-12(9)10/h1-5,8,14H,6-7,13H2/i1D. The van der Waals surface area contributed by atoms with Crippen LogP contribution in [0, 0.1) is 0 Å². The van der Waals surface area contributed by atoms with Gasteiger partial charge in [0.25, 0.3) is 0 Å². The summed E-state index contributed by atoms with van der Waals surface area (Å²) < 4.78 is 7.65. The Kier molecular flexibility index (Phi) is 2.06. The lowest BCUT2D eigenvalue weighted by Crippen LogP contribution is -2.02. The molecule has 0 aromatic heterocycles. The van der Waals surface area contributed by atoms with E-state index in [0.717, 1.165) is 22.8 Å². The van der Waals surface area contributed by atoms with E-state index in [-0.39, 0.29) is 5.75 Å². The van der Waals surface area contributed by atoms with Gasteiger partial charge in [-0.25, -0.2) is 0 Å². The molecule has 0 bridgehead atoms. The lowest BCUT2D eigenvalue weighted by Gasteiger charge is -2.05. The Morgan fingerprint density at radius 3 is 2.93 bits per heavy atom. The van der Waals surface area contributed by atoms with E-state index in [0.29, 0.717) is 12.6 Å². The Bertz CT molecular complexity index is 496. The number of benzene rings is 2. The predicted molar refractivity (Wildman–Crippen MR) is 58.4 cm³/mol. The Balaban J connectivity index is 2.70. The number of hydrogen-bond donors (Lipinski definition) is 2. The van der Waals surface area contributed by atoms with Crippen LogP contribution in [0.15, 0.2) is 36.4 Å². The van der Waals surface area contributed by atoms with Crippen molar-refractivity contribution in [1.29, 1.82) is 0 Å². The van der Waals surface area contributed by atoms with Crippen LogP contribution in [0.3, 0.4) is 0 Å². The first-order chi connectivity index (χ1) is 7.20. The van der Waals surface area contributed by atoms with Crippen LogP contribution >= 0.6 is 0 Å². The maximum absolute atomic E-state index is 9.41. The minimum Gasteiger partial charge on any atom is -0.508 e. The van der Waals surface area contributed by atoms with E-state index in [4.69, 9.17) is 7.10 Å². The van der Waals surface area contributed by atoms with Gasteiger partial charge >= 0.3 is 0 Å². The number of rotatable bonds is 2. The number of nitrogens with two attached hydrogens (primary N) is 1. The van der Waals surface area contributed by atoms with Crippen molar-refractivity contribution >= 4 is 10.8 Å². The molecule has 2 rings (SSSR count). The summed E-state index contributed by atoms with van der Waals surface area (Å²) >= 11 is 0. The fraction of sp³-hybridized carbons (Fsp3) is 0.167. The quantitative estimate of drug-likeness (QED) is 0.757. The van der Waals surface area contributed by atoms with Crippen molar-refractivity contribution < 1.29 is 6.48 Å². The molecule has 0 radical (unpaired) electrons. The SMILES string of the molecule is [2H]c1cc(CCN)c2cc(O)ccc2c1. The second-order valence-electron chi connectivity index (χ2n) is 3.29. The number of hydrogen-bond acceptors (Lipinski definition) is 2. The van der Waals surface area contributed by atoms with Gasteiger partial charge in [0, 0.05) is 0 Å². The Labute approximate surface area is 84.4 Å². The van der Waals surface area contributed by atoms with Crippen molar-refractivity contribution in [2.45, 2.75) is 6.42 Å². The van der Waals surface area contributed by atoms with Crippen molar-refractivity contribution in [3.8, 4) is 5.75 Å². The highest BCUT2D eigenvalue weighted by atomic mass is 16.3. The molecule has 2 aromatic carbocycles. The Morgan fingerprint density at radius 2 is 2.14 bits per heavy atom. The predicted octanol–water partition coefficient (Wildman–Crippen LogP) is 2.05. The highest BCUT2D eigenvalue weighted by Crippen LogP contribution is 2.23. The minimum atomic E-state index is 0.249. The summed E-state index contributed by atoms with van der Waals surface area (Å²) in [6.45, 7) is 0.550. The van der Waals surface area contributed by atoms with Gasteiger partial charge < -0.3 is 10.8 Å².